The summed E-state index contributed by atoms with van der Waals surface area (Å²) in [6, 6.07) is -1.88. The first-order valence-electron chi connectivity index (χ1n) is 5.95. The Morgan fingerprint density at radius 1 is 1.38 bits per heavy atom. The molecule has 1 aromatic heterocycles. The first kappa shape index (κ1) is 4.15. The van der Waals surface area contributed by atoms with E-state index < -0.39 is 18.1 Å². The van der Waals surface area contributed by atoms with E-state index in [4.69, 9.17) is 6.85 Å². The fourth-order valence-electron chi connectivity index (χ4n) is 0.814. The fraction of sp³-hybridized carbons (Fsp3) is 0. The Morgan fingerprint density at radius 2 is 2.15 bits per heavy atom. The molecule has 0 atom stereocenters. The summed E-state index contributed by atoms with van der Waals surface area (Å²) in [4.78, 5) is 14.8. The van der Waals surface area contributed by atoms with Crippen LogP contribution >= 0.6 is 11.3 Å². The summed E-state index contributed by atoms with van der Waals surface area (Å²) in [7, 11) is 0. The van der Waals surface area contributed by atoms with Crippen LogP contribution in [0.2, 0.25) is 0 Å². The second kappa shape index (κ2) is 3.49. The summed E-state index contributed by atoms with van der Waals surface area (Å²) in [5.74, 6) is 0. The lowest BCUT2D eigenvalue weighted by Gasteiger charge is -1.92. The van der Waals surface area contributed by atoms with Crippen LogP contribution in [-0.2, 0) is 0 Å². The Morgan fingerprint density at radius 3 is 2.77 bits per heavy atom. The van der Waals surface area contributed by atoms with Gasteiger partial charge >= 0.3 is 0 Å². The van der Waals surface area contributed by atoms with Crippen molar-refractivity contribution in [3.8, 4) is 10.6 Å². The van der Waals surface area contributed by atoms with Crippen LogP contribution in [0, 0.1) is 0 Å². The third-order valence-corrected chi connectivity index (χ3v) is 2.29. The quantitative estimate of drug-likeness (QED) is 0.688. The fourth-order valence-corrected chi connectivity index (χ4v) is 1.50. The van der Waals surface area contributed by atoms with Crippen molar-refractivity contribution in [2.24, 2.45) is 0 Å². The average Bonchev–Trinajstić information content (AvgIpc) is 2.83. The van der Waals surface area contributed by atoms with Crippen LogP contribution < -0.4 is 0 Å². The summed E-state index contributed by atoms with van der Waals surface area (Å²) >= 11 is 0.991. The predicted molar refractivity (Wildman–Crippen MR) is 52.9 cm³/mol. The van der Waals surface area contributed by atoms with Crippen molar-refractivity contribution in [1.82, 2.24) is 4.98 Å². The van der Waals surface area contributed by atoms with Gasteiger partial charge in [0.15, 0.2) is 6.29 Å². The molecule has 2 nitrogen and oxygen atoms in total. The molecule has 0 saturated heterocycles. The Kier molecular flexibility index (Phi) is 1.12. The summed E-state index contributed by atoms with van der Waals surface area (Å²) in [6.07, 6.45) is 1.92. The Bertz CT molecular complexity index is 610. The van der Waals surface area contributed by atoms with Crippen molar-refractivity contribution in [2.45, 2.75) is 0 Å². The molecule has 64 valence electrons. The van der Waals surface area contributed by atoms with Gasteiger partial charge in [-0.1, -0.05) is 30.2 Å². The van der Waals surface area contributed by atoms with E-state index >= 15 is 0 Å². The third-order valence-electron chi connectivity index (χ3n) is 1.35. The zero-order chi connectivity index (χ0) is 13.4. The van der Waals surface area contributed by atoms with Crippen LogP contribution in [0.25, 0.3) is 10.6 Å². The average molecular weight is 194 g/mol. The highest BCUT2D eigenvalue weighted by Crippen LogP contribution is 2.23. The van der Waals surface area contributed by atoms with Crippen molar-refractivity contribution in [3.63, 3.8) is 0 Å². The molecule has 3 heteroatoms. The molecule has 0 aliphatic rings. The van der Waals surface area contributed by atoms with Gasteiger partial charge in [0, 0.05) is 11.8 Å². The number of hydrogen-bond acceptors (Lipinski definition) is 3. The summed E-state index contributed by atoms with van der Waals surface area (Å²) < 4.78 is 38.0. The van der Waals surface area contributed by atoms with Gasteiger partial charge in [0.25, 0.3) is 0 Å². The molecule has 13 heavy (non-hydrogen) atoms. The lowest BCUT2D eigenvalue weighted by Crippen LogP contribution is -1.71. The van der Waals surface area contributed by atoms with Crippen LogP contribution in [0.1, 0.15) is 16.5 Å². The summed E-state index contributed by atoms with van der Waals surface area (Å²) in [5, 5.41) is 0.245. The maximum absolute atomic E-state index is 10.6. The maximum atomic E-state index is 10.6. The van der Waals surface area contributed by atoms with E-state index in [1.54, 1.807) is 0 Å². The third kappa shape index (κ3) is 1.65. The predicted octanol–water partition coefficient (Wildman–Crippen LogP) is 2.62. The molecule has 1 heterocycles. The SMILES string of the molecule is [2H]c1c([2H])c([2H])c(-c2ncc(C=O)s2)c([2H])c1[2H]. The zero-order valence-corrected chi connectivity index (χ0v) is 7.23. The van der Waals surface area contributed by atoms with Crippen molar-refractivity contribution in [2.75, 3.05) is 0 Å². The molecule has 1 aromatic carbocycles. The van der Waals surface area contributed by atoms with Crippen LogP contribution in [0.15, 0.2) is 36.4 Å². The minimum atomic E-state index is -0.444. The number of carbonyl (C=O) groups is 1. The van der Waals surface area contributed by atoms with E-state index in [1.165, 1.54) is 6.20 Å². The molecular formula is C10H7NOS. The second-order valence-electron chi connectivity index (χ2n) is 2.19. The van der Waals surface area contributed by atoms with Gasteiger partial charge in [-0.2, -0.15) is 0 Å². The van der Waals surface area contributed by atoms with Crippen LogP contribution in [0.5, 0.6) is 0 Å². The number of rotatable bonds is 2. The van der Waals surface area contributed by atoms with E-state index in [0.717, 1.165) is 11.3 Å². The van der Waals surface area contributed by atoms with Crippen LogP contribution in [0.4, 0.5) is 0 Å². The highest BCUT2D eigenvalue weighted by atomic mass is 32.1. The molecule has 0 unspecified atom stereocenters. The van der Waals surface area contributed by atoms with Gasteiger partial charge < -0.3 is 0 Å². The Hall–Kier alpha value is -1.48. The van der Waals surface area contributed by atoms with Crippen molar-refractivity contribution >= 4 is 17.6 Å². The Balaban J connectivity index is 2.75. The number of carbonyl (C=O) groups excluding carboxylic acids is 1. The molecule has 0 spiro atoms. The number of nitrogens with zero attached hydrogens (tertiary/aromatic N) is 1. The van der Waals surface area contributed by atoms with Gasteiger partial charge in [-0.15, -0.1) is 11.3 Å². The van der Waals surface area contributed by atoms with Gasteiger partial charge in [-0.3, -0.25) is 4.79 Å². The minimum Gasteiger partial charge on any atom is -0.297 e. The molecule has 2 rings (SSSR count). The van der Waals surface area contributed by atoms with Crippen LogP contribution in [0.3, 0.4) is 0 Å². The van der Waals surface area contributed by atoms with Gasteiger partial charge in [0.1, 0.15) is 5.01 Å². The zero-order valence-electron chi connectivity index (χ0n) is 11.4. The highest BCUT2D eigenvalue weighted by Gasteiger charge is 2.01. The lowest BCUT2D eigenvalue weighted by atomic mass is 10.2. The van der Waals surface area contributed by atoms with Crippen molar-refractivity contribution < 1.29 is 11.6 Å². The number of aldehydes is 1. The molecule has 0 bridgehead atoms. The molecule has 0 fully saturated rings. The molecule has 0 radical (unpaired) electrons. The molecule has 0 aliphatic carbocycles. The topological polar surface area (TPSA) is 30.0 Å². The van der Waals surface area contributed by atoms with Gasteiger partial charge in [0.05, 0.1) is 11.7 Å². The number of thiazole rings is 1. The maximum Gasteiger partial charge on any atom is 0.161 e. The molecule has 0 N–H and O–H groups in total. The Labute approximate surface area is 86.9 Å². The molecule has 0 amide bonds. The van der Waals surface area contributed by atoms with E-state index in [-0.39, 0.29) is 22.7 Å². The molecule has 0 saturated carbocycles. The molecule has 0 aliphatic heterocycles. The summed E-state index contributed by atoms with van der Waals surface area (Å²) in [5.41, 5.74) is 0.0269. The van der Waals surface area contributed by atoms with Crippen molar-refractivity contribution in [1.29, 1.82) is 0 Å². The summed E-state index contributed by atoms with van der Waals surface area (Å²) in [6.45, 7) is 0. The first-order valence-corrected chi connectivity index (χ1v) is 4.27. The van der Waals surface area contributed by atoms with E-state index in [0.29, 0.717) is 11.2 Å². The van der Waals surface area contributed by atoms with Gasteiger partial charge in [0.2, 0.25) is 0 Å². The monoisotopic (exact) mass is 194 g/mol. The second-order valence-corrected chi connectivity index (χ2v) is 3.25. The number of hydrogen-bond donors (Lipinski definition) is 0. The number of benzene rings is 1. The van der Waals surface area contributed by atoms with Gasteiger partial charge in [-0.25, -0.2) is 4.98 Å². The smallest absolute Gasteiger partial charge is 0.161 e. The lowest BCUT2D eigenvalue weighted by molar-refractivity contribution is 0.112. The van der Waals surface area contributed by atoms with Crippen molar-refractivity contribution in [3.05, 3.63) is 41.3 Å². The van der Waals surface area contributed by atoms with E-state index in [9.17, 15) is 4.79 Å². The largest absolute Gasteiger partial charge is 0.297 e. The molecule has 2 aromatic rings. The van der Waals surface area contributed by atoms with Crippen LogP contribution in [-0.4, -0.2) is 11.3 Å². The normalized spacial score (nSPS) is 15.2. The first-order chi connectivity index (χ1) is 8.47. The highest BCUT2D eigenvalue weighted by molar-refractivity contribution is 7.16. The van der Waals surface area contributed by atoms with E-state index in [2.05, 4.69) is 4.98 Å². The van der Waals surface area contributed by atoms with Gasteiger partial charge in [-0.05, 0) is 0 Å². The molecular weight excluding hydrogens is 182 g/mol. The van der Waals surface area contributed by atoms with E-state index in [1.807, 2.05) is 0 Å². The minimum absolute atomic E-state index is 0.0269. The standard InChI is InChI=1S/C10H7NOS/c12-7-9-6-11-10(13-9)8-4-2-1-3-5-8/h1-7H/i1D,2D,3D,4D,5D. The number of aromatic nitrogens is 1.